The third kappa shape index (κ3) is 6.04. The molecule has 27 heavy (non-hydrogen) atoms. The Labute approximate surface area is 159 Å². The van der Waals surface area contributed by atoms with Crippen LogP contribution in [0.15, 0.2) is 0 Å². The number of esters is 1. The SMILES string of the molecule is O=C([O-])[C@H]1CCCC[C@H]1C(=O)CCCCOC(=O)[C@@H]1CCCC[C@@H]1C(=O)[O-]. The summed E-state index contributed by atoms with van der Waals surface area (Å²) in [5, 5.41) is 22.3. The molecule has 2 saturated carbocycles. The van der Waals surface area contributed by atoms with E-state index in [4.69, 9.17) is 4.74 Å². The lowest BCUT2D eigenvalue weighted by Gasteiger charge is -2.31. The Morgan fingerprint density at radius 3 is 1.74 bits per heavy atom. The van der Waals surface area contributed by atoms with Crippen LogP contribution in [0.2, 0.25) is 0 Å². The lowest BCUT2D eigenvalue weighted by molar-refractivity contribution is -0.315. The molecule has 0 N–H and O–H groups in total. The summed E-state index contributed by atoms with van der Waals surface area (Å²) in [5.74, 6) is -5.46. The van der Waals surface area contributed by atoms with E-state index in [0.717, 1.165) is 25.7 Å². The van der Waals surface area contributed by atoms with E-state index in [9.17, 15) is 29.4 Å². The number of aliphatic carboxylic acids is 2. The number of Topliss-reactive ketones (excluding diaryl/α,β-unsaturated/α-hetero) is 1. The normalized spacial score (nSPS) is 28.3. The molecule has 2 fully saturated rings. The van der Waals surface area contributed by atoms with Gasteiger partial charge in [-0.2, -0.15) is 0 Å². The lowest BCUT2D eigenvalue weighted by atomic mass is 9.76. The van der Waals surface area contributed by atoms with Crippen molar-refractivity contribution < 1.29 is 34.1 Å². The monoisotopic (exact) mass is 380 g/mol. The maximum absolute atomic E-state index is 12.3. The summed E-state index contributed by atoms with van der Waals surface area (Å²) in [6.07, 6.45) is 6.55. The summed E-state index contributed by atoms with van der Waals surface area (Å²) in [6.45, 7) is 0.136. The number of rotatable bonds is 9. The molecule has 0 amide bonds. The van der Waals surface area contributed by atoms with Crippen molar-refractivity contribution in [3.05, 3.63) is 0 Å². The van der Waals surface area contributed by atoms with Crippen molar-refractivity contribution in [2.45, 2.75) is 70.6 Å². The molecule has 0 unspecified atom stereocenters. The number of ketones is 1. The maximum atomic E-state index is 12.3. The van der Waals surface area contributed by atoms with Crippen LogP contribution in [0.3, 0.4) is 0 Å². The molecule has 0 aromatic carbocycles. The number of hydrogen-bond acceptors (Lipinski definition) is 7. The van der Waals surface area contributed by atoms with Crippen molar-refractivity contribution in [1.82, 2.24) is 0 Å². The van der Waals surface area contributed by atoms with Gasteiger partial charge in [0.1, 0.15) is 5.78 Å². The van der Waals surface area contributed by atoms with Crippen molar-refractivity contribution in [3.63, 3.8) is 0 Å². The van der Waals surface area contributed by atoms with E-state index in [0.29, 0.717) is 38.5 Å². The fourth-order valence-electron chi connectivity index (χ4n) is 4.36. The van der Waals surface area contributed by atoms with E-state index in [1.807, 2.05) is 0 Å². The first-order valence-corrected chi connectivity index (χ1v) is 10.0. The number of carbonyl (C=O) groups excluding carboxylic acids is 4. The van der Waals surface area contributed by atoms with E-state index in [1.54, 1.807) is 0 Å². The Morgan fingerprint density at radius 2 is 1.19 bits per heavy atom. The van der Waals surface area contributed by atoms with Crippen LogP contribution in [-0.4, -0.2) is 30.3 Å². The van der Waals surface area contributed by atoms with E-state index < -0.39 is 41.6 Å². The minimum atomic E-state index is -1.20. The number of ether oxygens (including phenoxy) is 1. The fourth-order valence-corrected chi connectivity index (χ4v) is 4.36. The van der Waals surface area contributed by atoms with Crippen molar-refractivity contribution in [3.8, 4) is 0 Å². The Kier molecular flexibility index (Phi) is 8.25. The number of unbranched alkanes of at least 4 members (excludes halogenated alkanes) is 1. The predicted octanol–water partition coefficient (Wildman–Crippen LogP) is 0.382. The fraction of sp³-hybridized carbons (Fsp3) is 0.800. The summed E-state index contributed by atoms with van der Waals surface area (Å²) < 4.78 is 5.20. The average Bonchev–Trinajstić information content (AvgIpc) is 2.67. The third-order valence-corrected chi connectivity index (χ3v) is 5.92. The Balaban J connectivity index is 1.69. The Morgan fingerprint density at radius 1 is 0.704 bits per heavy atom. The summed E-state index contributed by atoms with van der Waals surface area (Å²) >= 11 is 0. The molecule has 4 atom stereocenters. The minimum Gasteiger partial charge on any atom is -0.550 e. The van der Waals surface area contributed by atoms with Crippen LogP contribution in [0, 0.1) is 23.7 Å². The number of carboxylic acid groups (broad SMARTS) is 2. The van der Waals surface area contributed by atoms with Crippen LogP contribution >= 0.6 is 0 Å². The minimum absolute atomic E-state index is 0.0560. The van der Waals surface area contributed by atoms with E-state index >= 15 is 0 Å². The standard InChI is InChI=1S/C20H30O7/c21-17(13-7-1-2-8-14(13)18(22)23)11-5-6-12-27-20(26)16-10-4-3-9-15(16)19(24)25/h13-16H,1-12H2,(H,22,23)(H,24,25)/p-2/t13-,14+,15+,16-/m1/s1. The van der Waals surface area contributed by atoms with Gasteiger partial charge in [-0.3, -0.25) is 9.59 Å². The predicted molar refractivity (Wildman–Crippen MR) is 90.7 cm³/mol. The molecule has 0 bridgehead atoms. The average molecular weight is 380 g/mol. The lowest BCUT2D eigenvalue weighted by Crippen LogP contribution is -2.41. The molecule has 0 aromatic rings. The Hall–Kier alpha value is -1.92. The highest BCUT2D eigenvalue weighted by atomic mass is 16.5. The first-order valence-electron chi connectivity index (χ1n) is 10.0. The molecule has 152 valence electrons. The van der Waals surface area contributed by atoms with Gasteiger partial charge in [-0.1, -0.05) is 25.7 Å². The molecule has 2 aliphatic carbocycles. The molecule has 0 heterocycles. The molecule has 0 aromatic heterocycles. The highest BCUT2D eigenvalue weighted by Gasteiger charge is 2.33. The van der Waals surface area contributed by atoms with E-state index in [-0.39, 0.29) is 18.8 Å². The second-order valence-electron chi connectivity index (χ2n) is 7.72. The third-order valence-electron chi connectivity index (χ3n) is 5.92. The quantitative estimate of drug-likeness (QED) is 0.418. The molecular weight excluding hydrogens is 352 g/mol. The van der Waals surface area contributed by atoms with Crippen molar-refractivity contribution >= 4 is 23.7 Å². The molecule has 0 spiro atoms. The van der Waals surface area contributed by atoms with Gasteiger partial charge >= 0.3 is 5.97 Å². The van der Waals surface area contributed by atoms with Gasteiger partial charge in [-0.25, -0.2) is 0 Å². The highest BCUT2D eigenvalue weighted by Crippen LogP contribution is 2.32. The van der Waals surface area contributed by atoms with E-state index in [1.165, 1.54) is 0 Å². The molecule has 2 rings (SSSR count). The van der Waals surface area contributed by atoms with Crippen LogP contribution in [0.25, 0.3) is 0 Å². The molecule has 7 nitrogen and oxygen atoms in total. The zero-order valence-electron chi connectivity index (χ0n) is 15.7. The van der Waals surface area contributed by atoms with Crippen molar-refractivity contribution in [1.29, 1.82) is 0 Å². The summed E-state index contributed by atoms with van der Waals surface area (Å²) in [7, 11) is 0. The van der Waals surface area contributed by atoms with Gasteiger partial charge in [0.15, 0.2) is 0 Å². The second-order valence-corrected chi connectivity index (χ2v) is 7.72. The van der Waals surface area contributed by atoms with Crippen LogP contribution in [-0.2, 0) is 23.9 Å². The molecule has 0 aliphatic heterocycles. The van der Waals surface area contributed by atoms with Gasteiger partial charge in [0.25, 0.3) is 0 Å². The summed E-state index contributed by atoms with van der Waals surface area (Å²) in [5.41, 5.74) is 0. The summed E-state index contributed by atoms with van der Waals surface area (Å²) in [6, 6.07) is 0. The number of carboxylic acids is 2. The van der Waals surface area contributed by atoms with Crippen LogP contribution in [0.5, 0.6) is 0 Å². The topological polar surface area (TPSA) is 124 Å². The first-order chi connectivity index (χ1) is 12.9. The second kappa shape index (κ2) is 10.4. The molecular formula is C20H28O7-2. The largest absolute Gasteiger partial charge is 0.550 e. The van der Waals surface area contributed by atoms with E-state index in [2.05, 4.69) is 0 Å². The van der Waals surface area contributed by atoms with Gasteiger partial charge in [-0.05, 0) is 38.5 Å². The smallest absolute Gasteiger partial charge is 0.309 e. The van der Waals surface area contributed by atoms with Gasteiger partial charge in [0.2, 0.25) is 0 Å². The van der Waals surface area contributed by atoms with Gasteiger partial charge in [0.05, 0.1) is 12.5 Å². The van der Waals surface area contributed by atoms with Crippen LogP contribution in [0.1, 0.15) is 70.6 Å². The first kappa shape index (κ1) is 21.4. The van der Waals surface area contributed by atoms with Crippen LogP contribution in [0.4, 0.5) is 0 Å². The van der Waals surface area contributed by atoms with Crippen LogP contribution < -0.4 is 10.2 Å². The van der Waals surface area contributed by atoms with Crippen molar-refractivity contribution in [2.24, 2.45) is 23.7 Å². The number of hydrogen-bond donors (Lipinski definition) is 0. The maximum Gasteiger partial charge on any atom is 0.309 e. The number of carbonyl (C=O) groups is 4. The highest BCUT2D eigenvalue weighted by molar-refractivity contribution is 5.86. The van der Waals surface area contributed by atoms with Crippen molar-refractivity contribution in [2.75, 3.05) is 6.61 Å². The molecule has 0 saturated heterocycles. The molecule has 0 radical (unpaired) electrons. The van der Waals surface area contributed by atoms with Gasteiger partial charge < -0.3 is 24.5 Å². The van der Waals surface area contributed by atoms with Gasteiger partial charge in [-0.15, -0.1) is 0 Å². The zero-order chi connectivity index (χ0) is 19.8. The molecule has 7 heteroatoms. The molecule has 2 aliphatic rings. The zero-order valence-corrected chi connectivity index (χ0v) is 15.7. The van der Waals surface area contributed by atoms with Gasteiger partial charge in [0, 0.05) is 36.1 Å². The Bertz CT molecular complexity index is 509. The summed E-state index contributed by atoms with van der Waals surface area (Å²) in [4.78, 5) is 46.7.